The first-order chi connectivity index (χ1) is 7.55. The van der Waals surface area contributed by atoms with E-state index >= 15 is 0 Å². The van der Waals surface area contributed by atoms with E-state index in [2.05, 4.69) is 11.2 Å². The van der Waals surface area contributed by atoms with Crippen LogP contribution in [-0.2, 0) is 20.1 Å². The molecule has 0 saturated carbocycles. The highest BCUT2D eigenvalue weighted by Gasteiger charge is 2.38. The number of nitrogens with two attached hydrogens (primary N) is 1. The lowest BCUT2D eigenvalue weighted by Gasteiger charge is -2.30. The lowest BCUT2D eigenvalue weighted by Crippen LogP contribution is -2.45. The fraction of sp³-hybridized carbons (Fsp3) is 0.333. The van der Waals surface area contributed by atoms with Gasteiger partial charge in [-0.1, -0.05) is 12.1 Å². The predicted octanol–water partition coefficient (Wildman–Crippen LogP) is 2.70. The maximum absolute atomic E-state index is 13.7. The highest BCUT2D eigenvalue weighted by Crippen LogP contribution is 2.37. The van der Waals surface area contributed by atoms with Crippen LogP contribution in [0.4, 0.5) is 10.1 Å². The van der Waals surface area contributed by atoms with Crippen LogP contribution in [0.25, 0.3) is 0 Å². The number of hydrogen-bond acceptors (Lipinski definition) is 2. The first kappa shape index (κ1) is 14.9. The molecule has 0 aliphatic heterocycles. The average Bonchev–Trinajstić information content (AvgIpc) is 2.08. The molecule has 1 unspecified atom stereocenters. The zero-order valence-corrected chi connectivity index (χ0v) is 12.3. The third-order valence-corrected chi connectivity index (χ3v) is 4.22. The van der Waals surface area contributed by atoms with Crippen LogP contribution in [0.3, 0.4) is 0 Å². The van der Waals surface area contributed by atoms with Gasteiger partial charge in [-0.15, -0.1) is 0 Å². The minimum absolute atomic E-state index is 0.208. The van der Waals surface area contributed by atoms with Crippen molar-refractivity contribution in [2.45, 2.75) is 18.6 Å². The molecule has 0 heterocycles. The summed E-state index contributed by atoms with van der Waals surface area (Å²) in [7, 11) is -3.59. The standard InChI is InChI=1S/C9H11Cl2FN2OS2/c1-6-4-3-5-8(7(6)2)14(9(10,11)12)17(13,15)16/h3-5H,1-2H3,(H2,13,15,16). The van der Waals surface area contributed by atoms with Crippen molar-refractivity contribution in [1.29, 1.82) is 0 Å². The maximum atomic E-state index is 13.7. The van der Waals surface area contributed by atoms with E-state index < -0.39 is 13.6 Å². The van der Waals surface area contributed by atoms with Gasteiger partial charge in [0.1, 0.15) is 0 Å². The van der Waals surface area contributed by atoms with Gasteiger partial charge >= 0.3 is 4.71 Å². The first-order valence-electron chi connectivity index (χ1n) is 4.51. The third-order valence-electron chi connectivity index (χ3n) is 2.28. The summed E-state index contributed by atoms with van der Waals surface area (Å²) in [6.07, 6.45) is 0. The normalized spacial score (nSPS) is 15.4. The van der Waals surface area contributed by atoms with Crippen molar-refractivity contribution in [3.63, 3.8) is 0 Å². The Morgan fingerprint density at radius 1 is 1.47 bits per heavy atom. The Kier molecular flexibility index (Phi) is 4.26. The quantitative estimate of drug-likeness (QED) is 0.688. The Morgan fingerprint density at radius 3 is 2.41 bits per heavy atom. The summed E-state index contributed by atoms with van der Waals surface area (Å²) in [6, 6.07) is 4.95. The van der Waals surface area contributed by atoms with Crippen LogP contribution < -0.4 is 9.44 Å². The number of hydrogen-bond donors (Lipinski definition) is 1. The highest BCUT2D eigenvalue weighted by molar-refractivity contribution is 8.32. The maximum Gasteiger partial charge on any atom is 0.349 e. The van der Waals surface area contributed by atoms with Crippen molar-refractivity contribution in [3.05, 3.63) is 29.3 Å². The molecule has 1 atom stereocenters. The number of anilines is 1. The molecular formula is C9H11Cl2FN2OS2. The van der Waals surface area contributed by atoms with Gasteiger partial charge in [-0.25, -0.2) is 13.7 Å². The van der Waals surface area contributed by atoms with E-state index in [1.165, 1.54) is 6.07 Å². The van der Waals surface area contributed by atoms with Crippen molar-refractivity contribution in [2.75, 3.05) is 4.31 Å². The van der Waals surface area contributed by atoms with E-state index in [-0.39, 0.29) is 5.69 Å². The Bertz CT molecular complexity index is 528. The molecule has 0 bridgehead atoms. The Morgan fingerprint density at radius 2 is 2.00 bits per heavy atom. The fourth-order valence-electron chi connectivity index (χ4n) is 1.37. The van der Waals surface area contributed by atoms with E-state index in [1.807, 2.05) is 0 Å². The number of alkyl halides is 3. The second kappa shape index (κ2) is 4.85. The molecule has 0 amide bonds. The highest BCUT2D eigenvalue weighted by atomic mass is 35.5. The van der Waals surface area contributed by atoms with E-state index in [1.54, 1.807) is 26.0 Å². The van der Waals surface area contributed by atoms with Crippen LogP contribution in [0.5, 0.6) is 0 Å². The van der Waals surface area contributed by atoms with Crippen LogP contribution in [0, 0.1) is 13.8 Å². The number of halogens is 3. The zero-order chi connectivity index (χ0) is 13.4. The number of aryl methyl sites for hydroxylation is 1. The van der Waals surface area contributed by atoms with Crippen molar-refractivity contribution in [1.82, 2.24) is 0 Å². The van der Waals surface area contributed by atoms with Gasteiger partial charge in [-0.3, -0.25) is 0 Å². The first-order valence-corrected chi connectivity index (χ1v) is 7.77. The second-order valence-corrected chi connectivity index (χ2v) is 7.52. The number of nitrogens with zero attached hydrogens (tertiary/aromatic N) is 1. The van der Waals surface area contributed by atoms with Gasteiger partial charge in [0.15, 0.2) is 8.86 Å². The molecule has 17 heavy (non-hydrogen) atoms. The van der Waals surface area contributed by atoms with Gasteiger partial charge in [0, 0.05) is 11.2 Å². The van der Waals surface area contributed by atoms with Crippen LogP contribution in [-0.4, -0.2) is 8.92 Å². The van der Waals surface area contributed by atoms with Crippen molar-refractivity contribution in [2.24, 2.45) is 5.14 Å². The SMILES string of the molecule is Cc1cccc(N(C(F)(Cl)Cl)S(N)(=O)=S)c1C. The molecule has 8 heteroatoms. The molecule has 0 aliphatic rings. The molecule has 3 nitrogen and oxygen atoms in total. The van der Waals surface area contributed by atoms with Gasteiger partial charge in [0.2, 0.25) is 0 Å². The molecule has 0 radical (unpaired) electrons. The van der Waals surface area contributed by atoms with Gasteiger partial charge in [-0.2, -0.15) is 4.39 Å². The summed E-state index contributed by atoms with van der Waals surface area (Å²) in [5, 5.41) is 5.28. The average molecular weight is 317 g/mol. The van der Waals surface area contributed by atoms with Crippen LogP contribution in [0.2, 0.25) is 0 Å². The molecule has 1 rings (SSSR count). The Balaban J connectivity index is 3.50. The summed E-state index contributed by atoms with van der Waals surface area (Å²) >= 11 is 15.2. The van der Waals surface area contributed by atoms with Crippen LogP contribution in [0.15, 0.2) is 18.2 Å². The van der Waals surface area contributed by atoms with Crippen LogP contribution in [0.1, 0.15) is 11.1 Å². The number of rotatable bonds is 3. The van der Waals surface area contributed by atoms with E-state index in [0.717, 1.165) is 5.56 Å². The van der Waals surface area contributed by atoms with Crippen molar-refractivity contribution in [3.8, 4) is 0 Å². The lowest BCUT2D eigenvalue weighted by atomic mass is 10.1. The van der Waals surface area contributed by atoms with Crippen molar-refractivity contribution < 1.29 is 8.60 Å². The summed E-state index contributed by atoms with van der Waals surface area (Å²) in [5.41, 5.74) is 1.71. The molecule has 0 saturated heterocycles. The lowest BCUT2D eigenvalue weighted by molar-refractivity contribution is 0.408. The third kappa shape index (κ3) is 3.42. The zero-order valence-electron chi connectivity index (χ0n) is 9.12. The summed E-state index contributed by atoms with van der Waals surface area (Å²) < 4.78 is 22.9. The molecule has 0 aromatic heterocycles. The molecule has 2 N–H and O–H groups in total. The van der Waals surface area contributed by atoms with Gasteiger partial charge in [0.25, 0.3) is 0 Å². The Labute approximate surface area is 115 Å². The summed E-state index contributed by atoms with van der Waals surface area (Å²) in [4.78, 5) is 0. The van der Waals surface area contributed by atoms with Gasteiger partial charge in [-0.05, 0) is 54.2 Å². The van der Waals surface area contributed by atoms with E-state index in [9.17, 15) is 8.60 Å². The second-order valence-electron chi connectivity index (χ2n) is 3.50. The molecule has 96 valence electrons. The van der Waals surface area contributed by atoms with Gasteiger partial charge < -0.3 is 0 Å². The summed E-state index contributed by atoms with van der Waals surface area (Å²) in [5.74, 6) is 0. The molecular weight excluding hydrogens is 306 g/mol. The molecule has 1 aromatic carbocycles. The smallest absolute Gasteiger partial charge is 0.234 e. The topological polar surface area (TPSA) is 46.3 Å². The monoisotopic (exact) mass is 316 g/mol. The molecule has 1 aromatic rings. The fourth-order valence-corrected chi connectivity index (χ4v) is 3.73. The largest absolute Gasteiger partial charge is 0.349 e. The minimum atomic E-state index is -3.59. The number of benzene rings is 1. The molecule has 0 spiro atoms. The molecule has 0 fully saturated rings. The Hall–Kier alpha value is -0.140. The predicted molar refractivity (Wildman–Crippen MR) is 73.6 cm³/mol. The minimum Gasteiger partial charge on any atom is -0.234 e. The van der Waals surface area contributed by atoms with E-state index in [4.69, 9.17) is 28.3 Å². The van der Waals surface area contributed by atoms with Gasteiger partial charge in [0.05, 0.1) is 5.69 Å². The van der Waals surface area contributed by atoms with Crippen LogP contribution >= 0.6 is 23.2 Å². The summed E-state index contributed by atoms with van der Waals surface area (Å²) in [6.45, 7) is 3.51. The van der Waals surface area contributed by atoms with Crippen molar-refractivity contribution >= 4 is 48.9 Å². The van der Waals surface area contributed by atoms with E-state index in [0.29, 0.717) is 9.87 Å². The molecule has 0 aliphatic carbocycles.